The van der Waals surface area contributed by atoms with Gasteiger partial charge in [-0.05, 0) is 48.9 Å². The minimum atomic E-state index is -0.235. The van der Waals surface area contributed by atoms with E-state index in [2.05, 4.69) is 10.3 Å². The molecule has 0 atom stereocenters. The molecule has 0 saturated carbocycles. The number of anilines is 1. The molecule has 0 aliphatic heterocycles. The SMILES string of the molecule is COc1ccc(NC(=O)c2cn3ccc(C)cc3n2)cc1. The largest absolute Gasteiger partial charge is 0.497 e. The number of amides is 1. The van der Waals surface area contributed by atoms with E-state index in [9.17, 15) is 4.79 Å². The summed E-state index contributed by atoms with van der Waals surface area (Å²) in [7, 11) is 1.60. The lowest BCUT2D eigenvalue weighted by Crippen LogP contribution is -2.12. The fraction of sp³-hybridized carbons (Fsp3) is 0.125. The number of aryl methyl sites for hydroxylation is 1. The minimum Gasteiger partial charge on any atom is -0.497 e. The molecule has 5 nitrogen and oxygen atoms in total. The summed E-state index contributed by atoms with van der Waals surface area (Å²) in [5, 5.41) is 2.81. The van der Waals surface area contributed by atoms with Gasteiger partial charge in [0.25, 0.3) is 5.91 Å². The quantitative estimate of drug-likeness (QED) is 0.803. The molecule has 5 heteroatoms. The second-order valence-electron chi connectivity index (χ2n) is 4.78. The molecular weight excluding hydrogens is 266 g/mol. The molecule has 21 heavy (non-hydrogen) atoms. The molecule has 0 fully saturated rings. The molecule has 1 N–H and O–H groups in total. The Morgan fingerprint density at radius 1 is 1.24 bits per heavy atom. The van der Waals surface area contributed by atoms with Crippen molar-refractivity contribution in [3.8, 4) is 5.75 Å². The first-order valence-electron chi connectivity index (χ1n) is 6.56. The number of methoxy groups -OCH3 is 1. The second kappa shape index (κ2) is 5.28. The van der Waals surface area contributed by atoms with Crippen molar-refractivity contribution in [2.24, 2.45) is 0 Å². The summed E-state index contributed by atoms with van der Waals surface area (Å²) in [4.78, 5) is 16.5. The lowest BCUT2D eigenvalue weighted by Gasteiger charge is -2.04. The first kappa shape index (κ1) is 13.2. The number of nitrogens with one attached hydrogen (secondary N) is 1. The van der Waals surface area contributed by atoms with E-state index in [1.165, 1.54) is 0 Å². The maximum absolute atomic E-state index is 12.2. The monoisotopic (exact) mass is 281 g/mol. The maximum Gasteiger partial charge on any atom is 0.275 e. The average Bonchev–Trinajstić information content (AvgIpc) is 2.91. The van der Waals surface area contributed by atoms with Crippen LogP contribution >= 0.6 is 0 Å². The number of benzene rings is 1. The first-order chi connectivity index (χ1) is 10.2. The number of nitrogens with zero attached hydrogens (tertiary/aromatic N) is 2. The van der Waals surface area contributed by atoms with Gasteiger partial charge in [0.2, 0.25) is 0 Å². The predicted octanol–water partition coefficient (Wildman–Crippen LogP) is 2.90. The van der Waals surface area contributed by atoms with Crippen LogP contribution in [0.3, 0.4) is 0 Å². The fourth-order valence-corrected chi connectivity index (χ4v) is 2.06. The van der Waals surface area contributed by atoms with Gasteiger partial charge in [0, 0.05) is 18.1 Å². The number of pyridine rings is 1. The van der Waals surface area contributed by atoms with Gasteiger partial charge in [-0.15, -0.1) is 0 Å². The summed E-state index contributed by atoms with van der Waals surface area (Å²) >= 11 is 0. The van der Waals surface area contributed by atoms with Gasteiger partial charge >= 0.3 is 0 Å². The van der Waals surface area contributed by atoms with Crippen molar-refractivity contribution in [3.63, 3.8) is 0 Å². The van der Waals surface area contributed by atoms with E-state index < -0.39 is 0 Å². The number of hydrogen-bond acceptors (Lipinski definition) is 3. The van der Waals surface area contributed by atoms with Crippen LogP contribution in [0.25, 0.3) is 5.65 Å². The maximum atomic E-state index is 12.2. The Kier molecular flexibility index (Phi) is 3.31. The Balaban J connectivity index is 1.82. The summed E-state index contributed by atoms with van der Waals surface area (Å²) < 4.78 is 6.91. The Morgan fingerprint density at radius 2 is 2.00 bits per heavy atom. The molecule has 3 rings (SSSR count). The zero-order valence-electron chi connectivity index (χ0n) is 11.8. The molecule has 0 aliphatic rings. The molecule has 0 saturated heterocycles. The van der Waals surface area contributed by atoms with Gasteiger partial charge < -0.3 is 14.5 Å². The number of carbonyl (C=O) groups is 1. The Labute approximate surface area is 122 Å². The second-order valence-corrected chi connectivity index (χ2v) is 4.78. The minimum absolute atomic E-state index is 0.235. The van der Waals surface area contributed by atoms with Crippen LogP contribution in [0.4, 0.5) is 5.69 Å². The summed E-state index contributed by atoms with van der Waals surface area (Å²) in [6.45, 7) is 1.99. The predicted molar refractivity (Wildman–Crippen MR) is 80.9 cm³/mol. The van der Waals surface area contributed by atoms with E-state index in [0.29, 0.717) is 11.4 Å². The van der Waals surface area contributed by atoms with E-state index in [1.807, 2.05) is 29.7 Å². The highest BCUT2D eigenvalue weighted by Crippen LogP contribution is 2.16. The van der Waals surface area contributed by atoms with E-state index in [1.54, 1.807) is 37.6 Å². The van der Waals surface area contributed by atoms with Gasteiger partial charge in [0.15, 0.2) is 0 Å². The number of aromatic nitrogens is 2. The van der Waals surface area contributed by atoms with Crippen LogP contribution < -0.4 is 10.1 Å². The van der Waals surface area contributed by atoms with Gasteiger partial charge in [-0.2, -0.15) is 0 Å². The van der Waals surface area contributed by atoms with E-state index in [0.717, 1.165) is 17.0 Å². The molecular formula is C16H15N3O2. The van der Waals surface area contributed by atoms with Crippen LogP contribution in [0.5, 0.6) is 5.75 Å². The van der Waals surface area contributed by atoms with Crippen molar-refractivity contribution < 1.29 is 9.53 Å². The highest BCUT2D eigenvalue weighted by Gasteiger charge is 2.11. The van der Waals surface area contributed by atoms with Crippen LogP contribution in [0.2, 0.25) is 0 Å². The van der Waals surface area contributed by atoms with Crippen molar-refractivity contribution in [1.29, 1.82) is 0 Å². The lowest BCUT2D eigenvalue weighted by atomic mass is 10.3. The zero-order valence-corrected chi connectivity index (χ0v) is 11.8. The Bertz CT molecular complexity index is 791. The van der Waals surface area contributed by atoms with E-state index in [-0.39, 0.29) is 5.91 Å². The van der Waals surface area contributed by atoms with Crippen molar-refractivity contribution in [2.45, 2.75) is 6.92 Å². The Hall–Kier alpha value is -2.82. The van der Waals surface area contributed by atoms with Gasteiger partial charge in [-0.1, -0.05) is 0 Å². The molecule has 1 amide bonds. The number of hydrogen-bond donors (Lipinski definition) is 1. The number of fused-ring (bicyclic) bond motifs is 1. The molecule has 0 bridgehead atoms. The number of imidazole rings is 1. The van der Waals surface area contributed by atoms with Crippen molar-refractivity contribution in [2.75, 3.05) is 12.4 Å². The van der Waals surface area contributed by atoms with Crippen LogP contribution in [-0.4, -0.2) is 22.4 Å². The van der Waals surface area contributed by atoms with Crippen molar-refractivity contribution in [1.82, 2.24) is 9.38 Å². The standard InChI is InChI=1S/C16H15N3O2/c1-11-7-8-19-10-14(18-15(19)9-11)16(20)17-12-3-5-13(21-2)6-4-12/h3-10H,1-2H3,(H,17,20). The van der Waals surface area contributed by atoms with E-state index in [4.69, 9.17) is 4.74 Å². The smallest absolute Gasteiger partial charge is 0.275 e. The van der Waals surface area contributed by atoms with Crippen LogP contribution in [0, 0.1) is 6.92 Å². The normalized spacial score (nSPS) is 10.6. The summed E-state index contributed by atoms with van der Waals surface area (Å²) in [5.74, 6) is 0.512. The number of rotatable bonds is 3. The van der Waals surface area contributed by atoms with E-state index >= 15 is 0 Å². The van der Waals surface area contributed by atoms with Gasteiger partial charge in [-0.25, -0.2) is 4.98 Å². The van der Waals surface area contributed by atoms with Gasteiger partial charge in [0.1, 0.15) is 17.1 Å². The number of carbonyl (C=O) groups excluding carboxylic acids is 1. The molecule has 2 heterocycles. The molecule has 1 aromatic carbocycles. The topological polar surface area (TPSA) is 55.6 Å². The first-order valence-corrected chi connectivity index (χ1v) is 6.56. The van der Waals surface area contributed by atoms with Crippen LogP contribution in [0.15, 0.2) is 48.8 Å². The molecule has 0 spiro atoms. The number of ether oxygens (including phenoxy) is 1. The third-order valence-electron chi connectivity index (χ3n) is 3.20. The van der Waals surface area contributed by atoms with Crippen LogP contribution in [-0.2, 0) is 0 Å². The van der Waals surface area contributed by atoms with Gasteiger partial charge in [-0.3, -0.25) is 4.79 Å². The molecule has 3 aromatic rings. The average molecular weight is 281 g/mol. The molecule has 2 aromatic heterocycles. The third-order valence-corrected chi connectivity index (χ3v) is 3.20. The van der Waals surface area contributed by atoms with Gasteiger partial charge in [0.05, 0.1) is 7.11 Å². The third kappa shape index (κ3) is 2.72. The Morgan fingerprint density at radius 3 is 2.71 bits per heavy atom. The highest BCUT2D eigenvalue weighted by molar-refractivity contribution is 6.03. The van der Waals surface area contributed by atoms with Crippen molar-refractivity contribution in [3.05, 3.63) is 60.0 Å². The summed E-state index contributed by atoms with van der Waals surface area (Å²) in [5.41, 5.74) is 2.95. The summed E-state index contributed by atoms with van der Waals surface area (Å²) in [6.07, 6.45) is 3.61. The molecule has 0 radical (unpaired) electrons. The lowest BCUT2D eigenvalue weighted by molar-refractivity contribution is 0.102. The summed E-state index contributed by atoms with van der Waals surface area (Å²) in [6, 6.07) is 11.1. The molecule has 106 valence electrons. The highest BCUT2D eigenvalue weighted by atomic mass is 16.5. The molecule has 0 aliphatic carbocycles. The zero-order chi connectivity index (χ0) is 14.8. The fourth-order valence-electron chi connectivity index (χ4n) is 2.06. The molecule has 0 unspecified atom stereocenters. The van der Waals surface area contributed by atoms with Crippen LogP contribution in [0.1, 0.15) is 16.1 Å². The van der Waals surface area contributed by atoms with Crippen molar-refractivity contribution >= 4 is 17.2 Å².